The van der Waals surface area contributed by atoms with Crippen LogP contribution in [0.3, 0.4) is 0 Å². The lowest BCUT2D eigenvalue weighted by atomic mass is 10.2. The molecule has 1 aliphatic rings. The Bertz CT molecular complexity index is 405. The Hall–Kier alpha value is -1.10. The van der Waals surface area contributed by atoms with Gasteiger partial charge in [0.05, 0.1) is 23.8 Å². The number of ether oxygens (including phenoxy) is 2. The molecule has 1 aromatic carbocycles. The molecule has 1 N–H and O–H groups in total. The van der Waals surface area contributed by atoms with Crippen LogP contribution in [0.2, 0.25) is 5.02 Å². The predicted molar refractivity (Wildman–Crippen MR) is 68.7 cm³/mol. The molecule has 0 spiro atoms. The van der Waals surface area contributed by atoms with Gasteiger partial charge in [-0.2, -0.15) is 0 Å². The van der Waals surface area contributed by atoms with Crippen LogP contribution in [0.15, 0.2) is 24.3 Å². The van der Waals surface area contributed by atoms with Gasteiger partial charge in [0.1, 0.15) is 0 Å². The molecule has 1 aromatic rings. The van der Waals surface area contributed by atoms with Crippen molar-refractivity contribution in [2.24, 2.45) is 0 Å². The van der Waals surface area contributed by atoms with E-state index in [0.717, 1.165) is 19.6 Å². The van der Waals surface area contributed by atoms with E-state index in [9.17, 15) is 4.79 Å². The van der Waals surface area contributed by atoms with E-state index in [0.29, 0.717) is 23.6 Å². The smallest absolute Gasteiger partial charge is 0.252 e. The van der Waals surface area contributed by atoms with Gasteiger partial charge in [-0.1, -0.05) is 23.7 Å². The van der Waals surface area contributed by atoms with Crippen LogP contribution >= 0.6 is 11.6 Å². The van der Waals surface area contributed by atoms with E-state index in [4.69, 9.17) is 21.1 Å². The zero-order valence-electron chi connectivity index (χ0n) is 10.0. The van der Waals surface area contributed by atoms with E-state index >= 15 is 0 Å². The van der Waals surface area contributed by atoms with Crippen molar-refractivity contribution in [2.75, 3.05) is 19.8 Å². The number of amides is 1. The molecule has 0 atom stereocenters. The minimum atomic E-state index is -0.203. The van der Waals surface area contributed by atoms with Crippen LogP contribution < -0.4 is 5.32 Å². The summed E-state index contributed by atoms with van der Waals surface area (Å²) >= 11 is 5.94. The lowest BCUT2D eigenvalue weighted by Crippen LogP contribution is -2.31. The Morgan fingerprint density at radius 3 is 2.78 bits per heavy atom. The third-order valence-electron chi connectivity index (χ3n) is 2.68. The Kier molecular flexibility index (Phi) is 4.99. The molecule has 1 saturated heterocycles. The summed E-state index contributed by atoms with van der Waals surface area (Å²) in [5, 5.41) is 3.26. The summed E-state index contributed by atoms with van der Waals surface area (Å²) in [4.78, 5) is 11.8. The van der Waals surface area contributed by atoms with Gasteiger partial charge in [0.2, 0.25) is 0 Å². The molecule has 4 nitrogen and oxygen atoms in total. The number of rotatable bonds is 4. The first-order valence-corrected chi connectivity index (χ1v) is 6.41. The van der Waals surface area contributed by atoms with Gasteiger partial charge in [0.15, 0.2) is 6.29 Å². The van der Waals surface area contributed by atoms with Crippen LogP contribution in [0, 0.1) is 0 Å². The molecule has 98 valence electrons. The van der Waals surface area contributed by atoms with Crippen molar-refractivity contribution < 1.29 is 14.3 Å². The first kappa shape index (κ1) is 13.3. The zero-order valence-corrected chi connectivity index (χ0v) is 10.8. The molecule has 2 rings (SSSR count). The van der Waals surface area contributed by atoms with Gasteiger partial charge in [-0.3, -0.25) is 4.79 Å². The van der Waals surface area contributed by atoms with Gasteiger partial charge in [0.25, 0.3) is 5.91 Å². The van der Waals surface area contributed by atoms with Crippen molar-refractivity contribution in [1.82, 2.24) is 5.32 Å². The van der Waals surface area contributed by atoms with Gasteiger partial charge in [-0.25, -0.2) is 0 Å². The summed E-state index contributed by atoms with van der Waals surface area (Å²) in [7, 11) is 0. The van der Waals surface area contributed by atoms with Gasteiger partial charge in [-0.15, -0.1) is 0 Å². The predicted octanol–water partition coefficient (Wildman–Crippen LogP) is 2.22. The van der Waals surface area contributed by atoms with E-state index in [1.54, 1.807) is 24.3 Å². The molecule has 0 aliphatic carbocycles. The first-order valence-electron chi connectivity index (χ1n) is 6.03. The largest absolute Gasteiger partial charge is 0.353 e. The minimum absolute atomic E-state index is 0.170. The van der Waals surface area contributed by atoms with E-state index in [2.05, 4.69) is 5.32 Å². The first-order chi connectivity index (χ1) is 8.77. The number of hydrogen-bond acceptors (Lipinski definition) is 3. The highest BCUT2D eigenvalue weighted by molar-refractivity contribution is 6.33. The molecule has 0 saturated carbocycles. The van der Waals surface area contributed by atoms with Crippen molar-refractivity contribution in [3.05, 3.63) is 34.9 Å². The Balaban J connectivity index is 1.76. The van der Waals surface area contributed by atoms with Crippen LogP contribution in [0.25, 0.3) is 0 Å². The van der Waals surface area contributed by atoms with Crippen molar-refractivity contribution in [2.45, 2.75) is 19.1 Å². The van der Waals surface area contributed by atoms with E-state index in [1.165, 1.54) is 0 Å². The second kappa shape index (κ2) is 6.73. The van der Waals surface area contributed by atoms with Crippen molar-refractivity contribution in [3.63, 3.8) is 0 Å². The molecule has 1 fully saturated rings. The fourth-order valence-corrected chi connectivity index (χ4v) is 1.97. The van der Waals surface area contributed by atoms with Crippen LogP contribution in [-0.4, -0.2) is 32.0 Å². The monoisotopic (exact) mass is 269 g/mol. The number of nitrogens with one attached hydrogen (secondary N) is 1. The number of carbonyl (C=O) groups is 1. The van der Waals surface area contributed by atoms with Gasteiger partial charge >= 0.3 is 0 Å². The summed E-state index contributed by atoms with van der Waals surface area (Å²) < 4.78 is 10.8. The van der Waals surface area contributed by atoms with E-state index in [1.807, 2.05) is 0 Å². The molecule has 0 bridgehead atoms. The molecule has 1 aliphatic heterocycles. The fraction of sp³-hybridized carbons (Fsp3) is 0.462. The molecular formula is C13H16ClNO3. The molecule has 0 radical (unpaired) electrons. The second-order valence-corrected chi connectivity index (χ2v) is 4.46. The molecule has 5 heteroatoms. The summed E-state index contributed by atoms with van der Waals surface area (Å²) in [6.45, 7) is 1.96. The normalized spacial score (nSPS) is 16.5. The van der Waals surface area contributed by atoms with Crippen molar-refractivity contribution in [1.29, 1.82) is 0 Å². The van der Waals surface area contributed by atoms with Crippen LogP contribution in [0.5, 0.6) is 0 Å². The van der Waals surface area contributed by atoms with Crippen LogP contribution in [-0.2, 0) is 9.47 Å². The molecule has 0 aromatic heterocycles. The highest BCUT2D eigenvalue weighted by Gasteiger charge is 2.15. The van der Waals surface area contributed by atoms with Crippen LogP contribution in [0.1, 0.15) is 23.2 Å². The van der Waals surface area contributed by atoms with Crippen molar-refractivity contribution in [3.8, 4) is 0 Å². The standard InChI is InChI=1S/C13H16ClNO3/c14-11-5-2-1-4-10(11)13(16)15-7-6-12-17-8-3-9-18-12/h1-2,4-5,12H,3,6-9H2,(H,15,16). The molecular weight excluding hydrogens is 254 g/mol. The molecule has 18 heavy (non-hydrogen) atoms. The number of carbonyl (C=O) groups excluding carboxylic acids is 1. The zero-order chi connectivity index (χ0) is 12.8. The quantitative estimate of drug-likeness (QED) is 0.912. The SMILES string of the molecule is O=C(NCCC1OCCCO1)c1ccccc1Cl. The topological polar surface area (TPSA) is 47.6 Å². The molecule has 1 heterocycles. The van der Waals surface area contributed by atoms with Crippen LogP contribution in [0.4, 0.5) is 0 Å². The Morgan fingerprint density at radius 1 is 1.33 bits per heavy atom. The van der Waals surface area contributed by atoms with E-state index in [-0.39, 0.29) is 12.2 Å². The van der Waals surface area contributed by atoms with Gasteiger partial charge < -0.3 is 14.8 Å². The summed E-state index contributed by atoms with van der Waals surface area (Å²) in [5.41, 5.74) is 0.490. The molecule has 1 amide bonds. The van der Waals surface area contributed by atoms with E-state index < -0.39 is 0 Å². The average molecular weight is 270 g/mol. The third kappa shape index (κ3) is 3.70. The van der Waals surface area contributed by atoms with Gasteiger partial charge in [-0.05, 0) is 18.6 Å². The Morgan fingerprint density at radius 2 is 2.06 bits per heavy atom. The maximum Gasteiger partial charge on any atom is 0.252 e. The Labute approximate surface area is 111 Å². The summed E-state index contributed by atoms with van der Waals surface area (Å²) in [6, 6.07) is 6.98. The van der Waals surface area contributed by atoms with Gasteiger partial charge in [0, 0.05) is 13.0 Å². The number of hydrogen-bond donors (Lipinski definition) is 1. The second-order valence-electron chi connectivity index (χ2n) is 4.05. The average Bonchev–Trinajstić information content (AvgIpc) is 2.40. The summed E-state index contributed by atoms with van der Waals surface area (Å²) in [5.74, 6) is -0.170. The number of halogens is 1. The highest BCUT2D eigenvalue weighted by atomic mass is 35.5. The molecule has 0 unspecified atom stereocenters. The highest BCUT2D eigenvalue weighted by Crippen LogP contribution is 2.14. The number of benzene rings is 1. The fourth-order valence-electron chi connectivity index (χ4n) is 1.75. The minimum Gasteiger partial charge on any atom is -0.353 e. The maximum absolute atomic E-state index is 11.8. The lowest BCUT2D eigenvalue weighted by Gasteiger charge is -2.23. The lowest BCUT2D eigenvalue weighted by molar-refractivity contribution is -0.180. The maximum atomic E-state index is 11.8. The van der Waals surface area contributed by atoms with Crippen molar-refractivity contribution >= 4 is 17.5 Å². The summed E-state index contributed by atoms with van der Waals surface area (Å²) in [6.07, 6.45) is 1.38. The third-order valence-corrected chi connectivity index (χ3v) is 3.01.